The van der Waals surface area contributed by atoms with Crippen molar-refractivity contribution in [3.63, 3.8) is 0 Å². The molecule has 0 saturated carbocycles. The van der Waals surface area contributed by atoms with Crippen LogP contribution >= 0.6 is 0 Å². The molecule has 5 heteroatoms. The minimum atomic E-state index is -3.73. The molecule has 0 bridgehead atoms. The summed E-state index contributed by atoms with van der Waals surface area (Å²) in [5, 5.41) is 0. The van der Waals surface area contributed by atoms with Crippen LogP contribution in [0.3, 0.4) is 0 Å². The van der Waals surface area contributed by atoms with Gasteiger partial charge in [0, 0.05) is 12.0 Å². The molecule has 1 atom stereocenters. The Bertz CT molecular complexity index is 1050. The number of aryl methyl sites for hydroxylation is 1. The lowest BCUT2D eigenvalue weighted by Crippen LogP contribution is -2.49. The SMILES string of the molecule is Cc1ccc(S(=O)(=O)NC2(c3ccccc3)CCOc3ccccc32)cc1. The molecule has 1 unspecified atom stereocenters. The summed E-state index contributed by atoms with van der Waals surface area (Å²) in [6.07, 6.45) is 0.513. The van der Waals surface area contributed by atoms with Gasteiger partial charge in [0.15, 0.2) is 0 Å². The van der Waals surface area contributed by atoms with Crippen LogP contribution in [-0.2, 0) is 15.6 Å². The predicted molar refractivity (Wildman–Crippen MR) is 105 cm³/mol. The number of benzene rings is 3. The number of hydrogen-bond acceptors (Lipinski definition) is 3. The summed E-state index contributed by atoms with van der Waals surface area (Å²) in [5.74, 6) is 0.708. The summed E-state index contributed by atoms with van der Waals surface area (Å²) in [4.78, 5) is 0.257. The van der Waals surface area contributed by atoms with E-state index in [9.17, 15) is 8.42 Å². The van der Waals surface area contributed by atoms with Crippen molar-refractivity contribution in [2.75, 3.05) is 6.61 Å². The van der Waals surface area contributed by atoms with E-state index in [1.165, 1.54) is 0 Å². The first-order chi connectivity index (χ1) is 13.0. The van der Waals surface area contributed by atoms with E-state index < -0.39 is 15.6 Å². The van der Waals surface area contributed by atoms with Crippen LogP contribution in [0, 0.1) is 6.92 Å². The van der Waals surface area contributed by atoms with Crippen molar-refractivity contribution in [1.82, 2.24) is 4.72 Å². The Hall–Kier alpha value is -2.63. The van der Waals surface area contributed by atoms with Crippen LogP contribution < -0.4 is 9.46 Å². The molecule has 4 rings (SSSR count). The Labute approximate surface area is 159 Å². The zero-order valence-corrected chi connectivity index (χ0v) is 15.9. The van der Waals surface area contributed by atoms with E-state index in [1.54, 1.807) is 12.1 Å². The third kappa shape index (κ3) is 3.24. The highest BCUT2D eigenvalue weighted by atomic mass is 32.2. The molecular formula is C22H21NO3S. The van der Waals surface area contributed by atoms with Crippen molar-refractivity contribution >= 4 is 10.0 Å². The van der Waals surface area contributed by atoms with Crippen molar-refractivity contribution in [2.45, 2.75) is 23.8 Å². The van der Waals surface area contributed by atoms with E-state index in [0.29, 0.717) is 18.8 Å². The zero-order chi connectivity index (χ0) is 18.9. The van der Waals surface area contributed by atoms with Crippen molar-refractivity contribution in [2.24, 2.45) is 0 Å². The van der Waals surface area contributed by atoms with Gasteiger partial charge in [0.1, 0.15) is 5.75 Å². The summed E-state index contributed by atoms with van der Waals surface area (Å²) in [6, 6.07) is 24.2. The molecule has 1 aliphatic heterocycles. The molecule has 3 aromatic rings. The number of sulfonamides is 1. The second-order valence-corrected chi connectivity index (χ2v) is 8.47. The third-order valence-corrected chi connectivity index (χ3v) is 6.50. The number of hydrogen-bond donors (Lipinski definition) is 1. The van der Waals surface area contributed by atoms with Gasteiger partial charge in [-0.1, -0.05) is 66.2 Å². The molecule has 0 spiro atoms. The molecule has 0 aromatic heterocycles. The maximum atomic E-state index is 13.2. The molecule has 138 valence electrons. The summed E-state index contributed by atoms with van der Waals surface area (Å²) in [5.41, 5.74) is 1.87. The molecule has 27 heavy (non-hydrogen) atoms. The Morgan fingerprint density at radius 3 is 2.30 bits per heavy atom. The fraction of sp³-hybridized carbons (Fsp3) is 0.182. The number of rotatable bonds is 4. The van der Waals surface area contributed by atoms with E-state index >= 15 is 0 Å². The molecule has 3 aromatic carbocycles. The van der Waals surface area contributed by atoms with Gasteiger partial charge in [0.2, 0.25) is 10.0 Å². The first-order valence-corrected chi connectivity index (χ1v) is 10.4. The third-order valence-electron chi connectivity index (χ3n) is 4.99. The molecule has 0 amide bonds. The molecule has 1 heterocycles. The lowest BCUT2D eigenvalue weighted by molar-refractivity contribution is 0.227. The predicted octanol–water partition coefficient (Wildman–Crippen LogP) is 4.00. The monoisotopic (exact) mass is 379 g/mol. The average Bonchev–Trinajstić information content (AvgIpc) is 2.69. The van der Waals surface area contributed by atoms with E-state index in [-0.39, 0.29) is 4.90 Å². The second kappa shape index (κ2) is 6.83. The van der Waals surface area contributed by atoms with Gasteiger partial charge in [-0.2, -0.15) is 4.72 Å². The van der Waals surface area contributed by atoms with Gasteiger partial charge < -0.3 is 4.74 Å². The van der Waals surface area contributed by atoms with Crippen molar-refractivity contribution < 1.29 is 13.2 Å². The Balaban J connectivity index is 1.87. The normalized spacial score (nSPS) is 19.1. The van der Waals surface area contributed by atoms with Crippen LogP contribution in [0.15, 0.2) is 83.8 Å². The maximum Gasteiger partial charge on any atom is 0.241 e. The topological polar surface area (TPSA) is 55.4 Å². The summed E-state index contributed by atoms with van der Waals surface area (Å²) in [6.45, 7) is 2.37. The highest BCUT2D eigenvalue weighted by molar-refractivity contribution is 7.89. The zero-order valence-electron chi connectivity index (χ0n) is 15.1. The van der Waals surface area contributed by atoms with Gasteiger partial charge >= 0.3 is 0 Å². The Kier molecular flexibility index (Phi) is 4.50. The molecule has 1 N–H and O–H groups in total. The number of nitrogens with one attached hydrogen (secondary N) is 1. The van der Waals surface area contributed by atoms with Crippen LogP contribution in [0.5, 0.6) is 5.75 Å². The highest BCUT2D eigenvalue weighted by Crippen LogP contribution is 2.42. The van der Waals surface area contributed by atoms with Crippen molar-refractivity contribution in [3.8, 4) is 5.75 Å². The van der Waals surface area contributed by atoms with Gasteiger partial charge in [-0.05, 0) is 30.7 Å². The molecule has 0 aliphatic carbocycles. The summed E-state index contributed by atoms with van der Waals surface area (Å²) in [7, 11) is -3.73. The molecule has 4 nitrogen and oxygen atoms in total. The summed E-state index contributed by atoms with van der Waals surface area (Å²) >= 11 is 0. The smallest absolute Gasteiger partial charge is 0.241 e. The number of para-hydroxylation sites is 1. The van der Waals surface area contributed by atoms with E-state index in [0.717, 1.165) is 16.7 Å². The fourth-order valence-electron chi connectivity index (χ4n) is 3.59. The van der Waals surface area contributed by atoms with Crippen LogP contribution in [0.25, 0.3) is 0 Å². The van der Waals surface area contributed by atoms with E-state index in [2.05, 4.69) is 4.72 Å². The molecule has 0 saturated heterocycles. The van der Waals surface area contributed by atoms with Gasteiger partial charge in [0.05, 0.1) is 17.0 Å². The van der Waals surface area contributed by atoms with Crippen LogP contribution in [0.4, 0.5) is 0 Å². The largest absolute Gasteiger partial charge is 0.493 e. The molecule has 0 radical (unpaired) electrons. The first-order valence-electron chi connectivity index (χ1n) is 8.90. The first kappa shape index (κ1) is 17.8. The van der Waals surface area contributed by atoms with Crippen LogP contribution in [0.1, 0.15) is 23.1 Å². The minimum Gasteiger partial charge on any atom is -0.493 e. The molecular weight excluding hydrogens is 358 g/mol. The van der Waals surface area contributed by atoms with Gasteiger partial charge in [-0.3, -0.25) is 0 Å². The van der Waals surface area contributed by atoms with Crippen LogP contribution in [-0.4, -0.2) is 15.0 Å². The second-order valence-electron chi connectivity index (χ2n) is 6.78. The Morgan fingerprint density at radius 2 is 1.56 bits per heavy atom. The number of ether oxygens (including phenoxy) is 1. The van der Waals surface area contributed by atoms with Crippen molar-refractivity contribution in [1.29, 1.82) is 0 Å². The van der Waals surface area contributed by atoms with Gasteiger partial charge in [-0.25, -0.2) is 8.42 Å². The minimum absolute atomic E-state index is 0.257. The van der Waals surface area contributed by atoms with Gasteiger partial charge in [0.25, 0.3) is 0 Å². The standard InChI is InChI=1S/C22H21NO3S/c1-17-11-13-19(14-12-17)27(24,25)23-22(18-7-3-2-4-8-18)15-16-26-21-10-6-5-9-20(21)22/h2-14,23H,15-16H2,1H3. The average molecular weight is 379 g/mol. The fourth-order valence-corrected chi connectivity index (χ4v) is 4.99. The van der Waals surface area contributed by atoms with Gasteiger partial charge in [-0.15, -0.1) is 0 Å². The van der Waals surface area contributed by atoms with Crippen LogP contribution in [0.2, 0.25) is 0 Å². The molecule has 0 fully saturated rings. The van der Waals surface area contributed by atoms with E-state index in [4.69, 9.17) is 4.74 Å². The lowest BCUT2D eigenvalue weighted by Gasteiger charge is -2.39. The van der Waals surface area contributed by atoms with Crippen molar-refractivity contribution in [3.05, 3.63) is 95.6 Å². The molecule has 1 aliphatic rings. The highest BCUT2D eigenvalue weighted by Gasteiger charge is 2.42. The lowest BCUT2D eigenvalue weighted by atomic mass is 9.79. The summed E-state index contributed by atoms with van der Waals surface area (Å²) < 4.78 is 35.3. The maximum absolute atomic E-state index is 13.2. The quantitative estimate of drug-likeness (QED) is 0.745. The Morgan fingerprint density at radius 1 is 0.889 bits per heavy atom. The number of fused-ring (bicyclic) bond motifs is 1. The van der Waals surface area contributed by atoms with E-state index in [1.807, 2.05) is 73.7 Å².